The first-order chi connectivity index (χ1) is 14.1. The number of nitrogens with one attached hydrogen (secondary N) is 2. The van der Waals surface area contributed by atoms with Crippen molar-refractivity contribution in [2.75, 3.05) is 7.11 Å². The Morgan fingerprint density at radius 2 is 1.93 bits per heavy atom. The zero-order valence-electron chi connectivity index (χ0n) is 16.7. The summed E-state index contributed by atoms with van der Waals surface area (Å²) in [5.41, 5.74) is -0.854. The molecule has 1 aliphatic heterocycles. The van der Waals surface area contributed by atoms with Crippen molar-refractivity contribution in [3.8, 4) is 17.1 Å². The van der Waals surface area contributed by atoms with E-state index in [9.17, 15) is 22.0 Å². The van der Waals surface area contributed by atoms with Crippen molar-refractivity contribution in [3.63, 3.8) is 0 Å². The molecule has 1 aromatic heterocycles. The van der Waals surface area contributed by atoms with E-state index >= 15 is 0 Å². The van der Waals surface area contributed by atoms with E-state index in [4.69, 9.17) is 4.74 Å². The van der Waals surface area contributed by atoms with E-state index < -0.39 is 29.4 Å². The minimum atomic E-state index is -4.68. The summed E-state index contributed by atoms with van der Waals surface area (Å²) in [4.78, 5) is 3.85. The van der Waals surface area contributed by atoms with Crippen LogP contribution in [0, 0.1) is 11.6 Å². The maximum Gasteiger partial charge on any atom is 0.416 e. The number of halogens is 5. The number of hydrogen-bond acceptors (Lipinski definition) is 4. The number of nitrogens with zero attached hydrogens (tertiary/aromatic N) is 1. The van der Waals surface area contributed by atoms with Crippen molar-refractivity contribution in [2.45, 2.75) is 44.9 Å². The molecular weight excluding hydrogens is 405 g/mol. The van der Waals surface area contributed by atoms with Gasteiger partial charge in [0.05, 0.1) is 24.4 Å². The highest BCUT2D eigenvalue weighted by molar-refractivity contribution is 5.62. The van der Waals surface area contributed by atoms with E-state index in [1.165, 1.54) is 0 Å². The Hall–Kier alpha value is -2.84. The summed E-state index contributed by atoms with van der Waals surface area (Å²) in [5, 5.41) is 6.34. The van der Waals surface area contributed by atoms with Crippen LogP contribution in [-0.2, 0) is 6.18 Å². The van der Waals surface area contributed by atoms with Crippen molar-refractivity contribution in [1.82, 2.24) is 15.6 Å². The normalized spacial score (nSPS) is 17.3. The summed E-state index contributed by atoms with van der Waals surface area (Å²) in [6.07, 6.45) is -1.19. The molecule has 9 heteroatoms. The molecule has 0 saturated heterocycles. The van der Waals surface area contributed by atoms with E-state index in [2.05, 4.69) is 15.6 Å². The van der Waals surface area contributed by atoms with Gasteiger partial charge in [0, 0.05) is 41.6 Å². The van der Waals surface area contributed by atoms with E-state index in [0.29, 0.717) is 18.2 Å². The first-order valence-corrected chi connectivity index (χ1v) is 9.46. The van der Waals surface area contributed by atoms with Gasteiger partial charge in [-0.3, -0.25) is 0 Å². The Morgan fingerprint density at radius 1 is 1.20 bits per heavy atom. The maximum atomic E-state index is 14.8. The quantitative estimate of drug-likeness (QED) is 0.613. The van der Waals surface area contributed by atoms with Gasteiger partial charge < -0.3 is 15.4 Å². The van der Waals surface area contributed by atoms with Gasteiger partial charge in [0.2, 0.25) is 5.88 Å². The highest BCUT2D eigenvalue weighted by Crippen LogP contribution is 2.35. The zero-order chi connectivity index (χ0) is 22.1. The largest absolute Gasteiger partial charge is 0.481 e. The number of hydrogen-bond donors (Lipinski definition) is 2. The molecule has 162 valence electrons. The molecule has 0 amide bonds. The van der Waals surface area contributed by atoms with Crippen LogP contribution < -0.4 is 15.4 Å². The van der Waals surface area contributed by atoms with Crippen LogP contribution in [0.2, 0.25) is 0 Å². The molecule has 2 heterocycles. The lowest BCUT2D eigenvalue weighted by molar-refractivity contribution is -0.137. The lowest BCUT2D eigenvalue weighted by atomic mass is 10.0. The van der Waals surface area contributed by atoms with Crippen LogP contribution in [0.5, 0.6) is 5.88 Å². The van der Waals surface area contributed by atoms with Crippen molar-refractivity contribution >= 4 is 0 Å². The van der Waals surface area contributed by atoms with E-state index in [1.54, 1.807) is 6.92 Å². The van der Waals surface area contributed by atoms with Gasteiger partial charge in [0.15, 0.2) is 0 Å². The maximum absolute atomic E-state index is 14.8. The second kappa shape index (κ2) is 8.49. The molecule has 0 aliphatic carbocycles. The lowest BCUT2D eigenvalue weighted by Crippen LogP contribution is -2.20. The fourth-order valence-corrected chi connectivity index (χ4v) is 3.32. The average Bonchev–Trinajstić information content (AvgIpc) is 3.15. The summed E-state index contributed by atoms with van der Waals surface area (Å²) >= 11 is 0. The molecule has 0 spiro atoms. The molecule has 2 unspecified atom stereocenters. The molecule has 4 nitrogen and oxygen atoms in total. The van der Waals surface area contributed by atoms with Crippen molar-refractivity contribution in [3.05, 3.63) is 58.9 Å². The van der Waals surface area contributed by atoms with Gasteiger partial charge in [-0.2, -0.15) is 13.2 Å². The molecular formula is C21H22F5N3O. The minimum Gasteiger partial charge on any atom is -0.481 e. The van der Waals surface area contributed by atoms with Crippen LogP contribution in [0.4, 0.5) is 22.0 Å². The van der Waals surface area contributed by atoms with Crippen LogP contribution in [0.15, 0.2) is 36.2 Å². The molecule has 2 N–H and O–H groups in total. The first-order valence-electron chi connectivity index (χ1n) is 9.46. The second-order valence-corrected chi connectivity index (χ2v) is 7.15. The number of rotatable bonds is 6. The van der Waals surface area contributed by atoms with E-state index in [0.717, 1.165) is 37.8 Å². The third-order valence-corrected chi connectivity index (χ3v) is 5.02. The Kier molecular flexibility index (Phi) is 6.19. The van der Waals surface area contributed by atoms with E-state index in [1.807, 2.05) is 13.1 Å². The Labute approximate surface area is 171 Å². The SMILES string of the molecule is CCC1CC(NC(C)c2cc(F)c(-c3cc(C(F)(F)F)cc(OC)n3)cc2F)=CN1. The topological polar surface area (TPSA) is 46.2 Å². The number of methoxy groups -OCH3 is 1. The van der Waals surface area contributed by atoms with Crippen LogP contribution in [-0.4, -0.2) is 18.1 Å². The number of aromatic nitrogens is 1. The summed E-state index contributed by atoms with van der Waals surface area (Å²) in [6, 6.07) is 2.97. The number of benzene rings is 1. The molecule has 2 atom stereocenters. The second-order valence-electron chi connectivity index (χ2n) is 7.15. The Morgan fingerprint density at radius 3 is 2.53 bits per heavy atom. The third kappa shape index (κ3) is 4.66. The summed E-state index contributed by atoms with van der Waals surface area (Å²) < 4.78 is 73.7. The van der Waals surface area contributed by atoms with Gasteiger partial charge in [-0.1, -0.05) is 6.92 Å². The molecule has 2 aromatic rings. The zero-order valence-corrected chi connectivity index (χ0v) is 16.7. The fraction of sp³-hybridized carbons (Fsp3) is 0.381. The summed E-state index contributed by atoms with van der Waals surface area (Å²) in [6.45, 7) is 3.73. The van der Waals surface area contributed by atoms with Crippen LogP contribution in [0.3, 0.4) is 0 Å². The highest BCUT2D eigenvalue weighted by Gasteiger charge is 2.32. The monoisotopic (exact) mass is 427 g/mol. The molecule has 0 radical (unpaired) electrons. The predicted octanol–water partition coefficient (Wildman–Crippen LogP) is 5.32. The smallest absolute Gasteiger partial charge is 0.416 e. The number of pyridine rings is 1. The van der Waals surface area contributed by atoms with Gasteiger partial charge in [0.25, 0.3) is 0 Å². The van der Waals surface area contributed by atoms with Crippen molar-refractivity contribution in [2.24, 2.45) is 0 Å². The standard InChI is InChI=1S/C21H22F5N3O/c1-4-13-7-14(10-27-13)28-11(2)15-8-18(23)16(9-17(15)22)19-5-12(21(24,25)26)6-20(29-19)30-3/h5-6,8-11,13,27-28H,4,7H2,1-3H3. The van der Waals surface area contributed by atoms with Crippen molar-refractivity contribution < 1.29 is 26.7 Å². The van der Waals surface area contributed by atoms with E-state index in [-0.39, 0.29) is 22.7 Å². The molecule has 1 aromatic carbocycles. The fourth-order valence-electron chi connectivity index (χ4n) is 3.32. The van der Waals surface area contributed by atoms with Crippen molar-refractivity contribution in [1.29, 1.82) is 0 Å². The first kappa shape index (κ1) is 21.9. The average molecular weight is 427 g/mol. The third-order valence-electron chi connectivity index (χ3n) is 5.02. The van der Waals surface area contributed by atoms with Crippen LogP contribution >= 0.6 is 0 Å². The minimum absolute atomic E-state index is 0.0658. The van der Waals surface area contributed by atoms with Gasteiger partial charge in [-0.05, 0) is 31.5 Å². The summed E-state index contributed by atoms with van der Waals surface area (Å²) in [5.74, 6) is -1.97. The van der Waals surface area contributed by atoms with Crippen LogP contribution in [0.1, 0.15) is 43.9 Å². The molecule has 1 aliphatic rings. The molecule has 0 saturated carbocycles. The number of ether oxygens (including phenoxy) is 1. The lowest BCUT2D eigenvalue weighted by Gasteiger charge is -2.19. The molecule has 30 heavy (non-hydrogen) atoms. The summed E-state index contributed by atoms with van der Waals surface area (Å²) in [7, 11) is 1.15. The number of alkyl halides is 3. The molecule has 3 rings (SSSR count). The van der Waals surface area contributed by atoms with Gasteiger partial charge in [-0.15, -0.1) is 0 Å². The van der Waals surface area contributed by atoms with Gasteiger partial charge >= 0.3 is 6.18 Å². The predicted molar refractivity (Wildman–Crippen MR) is 103 cm³/mol. The molecule has 0 bridgehead atoms. The highest BCUT2D eigenvalue weighted by atomic mass is 19.4. The Bertz CT molecular complexity index is 958. The van der Waals surface area contributed by atoms with Crippen LogP contribution in [0.25, 0.3) is 11.3 Å². The van der Waals surface area contributed by atoms with Gasteiger partial charge in [-0.25, -0.2) is 13.8 Å². The molecule has 0 fully saturated rings. The van der Waals surface area contributed by atoms with Gasteiger partial charge in [0.1, 0.15) is 11.6 Å². The Balaban J connectivity index is 1.92.